The van der Waals surface area contributed by atoms with Crippen LogP contribution in [-0.4, -0.2) is 26.5 Å². The molecule has 2 rings (SSSR count). The lowest BCUT2D eigenvalue weighted by Crippen LogP contribution is -2.18. The molecule has 2 aromatic rings. The summed E-state index contributed by atoms with van der Waals surface area (Å²) in [5, 5.41) is 14.6. The number of nitrogens with zero attached hydrogens (tertiary/aromatic N) is 3. The van der Waals surface area contributed by atoms with Crippen molar-refractivity contribution in [2.45, 2.75) is 23.5 Å². The highest BCUT2D eigenvalue weighted by Gasteiger charge is 2.43. The van der Waals surface area contributed by atoms with Crippen molar-refractivity contribution < 1.29 is 30.6 Å². The van der Waals surface area contributed by atoms with Crippen molar-refractivity contribution in [3.8, 4) is 11.8 Å². The summed E-state index contributed by atoms with van der Waals surface area (Å²) >= 11 is 5.91. The standard InChI is InChI=1S/C14H9ClF6N4OS/c1-6-3-7(13(16,17)18)4-8(15)10(6)25-12(23-2)11(9(5-22)24-25)27(26)14(19,20)21/h3-4,23H,1-2H3. The van der Waals surface area contributed by atoms with E-state index in [-0.39, 0.29) is 11.3 Å². The van der Waals surface area contributed by atoms with E-state index in [1.165, 1.54) is 20.0 Å². The first-order valence-corrected chi connectivity index (χ1v) is 8.42. The van der Waals surface area contributed by atoms with E-state index in [1.807, 2.05) is 0 Å². The third-order valence-corrected chi connectivity index (χ3v) is 4.84. The van der Waals surface area contributed by atoms with Crippen molar-refractivity contribution >= 4 is 28.2 Å². The summed E-state index contributed by atoms with van der Waals surface area (Å²) in [5.74, 6) is -0.480. The quantitative estimate of drug-likeness (QED) is 0.733. The van der Waals surface area contributed by atoms with Crippen LogP contribution in [0.5, 0.6) is 0 Å². The summed E-state index contributed by atoms with van der Waals surface area (Å²) in [6, 6.07) is 2.71. The zero-order valence-corrected chi connectivity index (χ0v) is 15.0. The molecule has 1 aromatic heterocycles. The van der Waals surface area contributed by atoms with Gasteiger partial charge in [0.15, 0.2) is 16.5 Å². The molecule has 0 amide bonds. The van der Waals surface area contributed by atoms with Gasteiger partial charge >= 0.3 is 11.7 Å². The fourth-order valence-electron chi connectivity index (χ4n) is 2.32. The van der Waals surface area contributed by atoms with Crippen molar-refractivity contribution in [1.29, 1.82) is 5.26 Å². The summed E-state index contributed by atoms with van der Waals surface area (Å²) in [6.45, 7) is 1.24. The topological polar surface area (TPSA) is 70.7 Å². The lowest BCUT2D eigenvalue weighted by molar-refractivity contribution is -0.137. The molecule has 0 fully saturated rings. The van der Waals surface area contributed by atoms with Gasteiger partial charge in [-0.1, -0.05) is 11.6 Å². The molecule has 0 saturated heterocycles. The Hall–Kier alpha value is -2.26. The number of benzene rings is 1. The van der Waals surface area contributed by atoms with E-state index in [9.17, 15) is 30.6 Å². The maximum absolute atomic E-state index is 12.9. The molecule has 5 nitrogen and oxygen atoms in total. The number of hydrogen-bond donors (Lipinski definition) is 1. The van der Waals surface area contributed by atoms with Gasteiger partial charge in [-0.05, 0) is 24.6 Å². The van der Waals surface area contributed by atoms with Gasteiger partial charge in [-0.25, -0.2) is 8.89 Å². The highest BCUT2D eigenvalue weighted by Crippen LogP contribution is 2.39. The summed E-state index contributed by atoms with van der Waals surface area (Å²) in [4.78, 5) is -0.942. The van der Waals surface area contributed by atoms with Gasteiger partial charge in [-0.2, -0.15) is 36.7 Å². The fourth-order valence-corrected chi connectivity index (χ4v) is 3.52. The summed E-state index contributed by atoms with van der Waals surface area (Å²) in [5.41, 5.74) is -7.29. The van der Waals surface area contributed by atoms with E-state index in [1.54, 1.807) is 0 Å². The van der Waals surface area contributed by atoms with E-state index >= 15 is 0 Å². The molecule has 1 atom stereocenters. The van der Waals surface area contributed by atoms with Gasteiger partial charge in [0, 0.05) is 7.05 Å². The van der Waals surface area contributed by atoms with Crippen LogP contribution in [0.1, 0.15) is 16.8 Å². The fraction of sp³-hybridized carbons (Fsp3) is 0.286. The van der Waals surface area contributed by atoms with E-state index in [0.29, 0.717) is 6.07 Å². The molecule has 0 aliphatic carbocycles. The summed E-state index contributed by atoms with van der Waals surface area (Å²) in [7, 11) is -2.42. The lowest BCUT2D eigenvalue weighted by Gasteiger charge is -2.15. The lowest BCUT2D eigenvalue weighted by atomic mass is 10.1. The van der Waals surface area contributed by atoms with Crippen molar-refractivity contribution in [3.05, 3.63) is 34.0 Å². The Morgan fingerprint density at radius 3 is 2.26 bits per heavy atom. The minimum Gasteiger partial charge on any atom is -0.372 e. The number of alkyl halides is 6. The number of halogens is 7. The number of nitriles is 1. The second-order valence-electron chi connectivity index (χ2n) is 5.14. The SMILES string of the molecule is CNc1c(S(=O)C(F)(F)F)c(C#N)nn1-c1c(C)cc(C(F)(F)F)cc1Cl. The van der Waals surface area contributed by atoms with Gasteiger partial charge in [0.2, 0.25) is 0 Å². The molecule has 0 aliphatic rings. The summed E-state index contributed by atoms with van der Waals surface area (Å²) < 4.78 is 89.9. The summed E-state index contributed by atoms with van der Waals surface area (Å²) in [6.07, 6.45) is -4.69. The number of anilines is 1. The van der Waals surface area contributed by atoms with E-state index < -0.39 is 49.5 Å². The Balaban J connectivity index is 2.81. The Morgan fingerprint density at radius 2 is 1.85 bits per heavy atom. The number of hydrogen-bond acceptors (Lipinski definition) is 4. The first kappa shape index (κ1) is 21.0. The maximum atomic E-state index is 12.9. The van der Waals surface area contributed by atoms with Gasteiger partial charge in [0.1, 0.15) is 16.8 Å². The van der Waals surface area contributed by atoms with Crippen molar-refractivity contribution in [2.24, 2.45) is 0 Å². The number of nitrogens with one attached hydrogen (secondary N) is 1. The molecule has 0 saturated carbocycles. The van der Waals surface area contributed by atoms with Crippen LogP contribution in [-0.2, 0) is 17.0 Å². The van der Waals surface area contributed by atoms with Crippen LogP contribution in [0.2, 0.25) is 5.02 Å². The molecule has 1 heterocycles. The minimum atomic E-state index is -5.18. The predicted octanol–water partition coefficient (Wildman–Crippen LogP) is 4.39. The molecule has 0 aliphatic heterocycles. The molecule has 146 valence electrons. The maximum Gasteiger partial charge on any atom is 0.476 e. The van der Waals surface area contributed by atoms with Gasteiger partial charge in [0.25, 0.3) is 0 Å². The normalized spacial score (nSPS) is 13.3. The minimum absolute atomic E-state index is 0.0670. The number of rotatable bonds is 3. The monoisotopic (exact) mass is 430 g/mol. The zero-order valence-electron chi connectivity index (χ0n) is 13.5. The first-order chi connectivity index (χ1) is 12.3. The van der Waals surface area contributed by atoms with Crippen molar-refractivity contribution in [1.82, 2.24) is 9.78 Å². The second kappa shape index (κ2) is 7.05. The number of aryl methyl sites for hydroxylation is 1. The average molecular weight is 431 g/mol. The highest BCUT2D eigenvalue weighted by atomic mass is 35.5. The van der Waals surface area contributed by atoms with Crippen LogP contribution in [0.25, 0.3) is 5.69 Å². The van der Waals surface area contributed by atoms with Gasteiger partial charge in [-0.3, -0.25) is 0 Å². The molecule has 13 heteroatoms. The third kappa shape index (κ3) is 3.89. The highest BCUT2D eigenvalue weighted by molar-refractivity contribution is 7.86. The first-order valence-electron chi connectivity index (χ1n) is 6.90. The van der Waals surface area contributed by atoms with Crippen LogP contribution in [0.3, 0.4) is 0 Å². The predicted molar refractivity (Wildman–Crippen MR) is 85.0 cm³/mol. The van der Waals surface area contributed by atoms with Crippen LogP contribution in [0, 0.1) is 18.3 Å². The van der Waals surface area contributed by atoms with E-state index in [4.69, 9.17) is 16.9 Å². The molecule has 0 radical (unpaired) electrons. The zero-order chi connectivity index (χ0) is 20.7. The Morgan fingerprint density at radius 1 is 1.26 bits per heavy atom. The molecular formula is C14H9ClF6N4OS. The number of aromatic nitrogens is 2. The smallest absolute Gasteiger partial charge is 0.372 e. The average Bonchev–Trinajstić information content (AvgIpc) is 2.89. The molecule has 0 spiro atoms. The molecule has 0 bridgehead atoms. The third-order valence-electron chi connectivity index (χ3n) is 3.37. The Bertz CT molecular complexity index is 937. The van der Waals surface area contributed by atoms with Crippen LogP contribution >= 0.6 is 11.6 Å². The van der Waals surface area contributed by atoms with Crippen LogP contribution in [0.4, 0.5) is 32.2 Å². The Labute approximate surface area is 156 Å². The molecule has 27 heavy (non-hydrogen) atoms. The Kier molecular flexibility index (Phi) is 5.49. The van der Waals surface area contributed by atoms with E-state index in [2.05, 4.69) is 10.4 Å². The van der Waals surface area contributed by atoms with Crippen LogP contribution in [0.15, 0.2) is 17.0 Å². The van der Waals surface area contributed by atoms with Crippen molar-refractivity contribution in [2.75, 3.05) is 12.4 Å². The van der Waals surface area contributed by atoms with Crippen LogP contribution < -0.4 is 5.32 Å². The molecule has 1 unspecified atom stereocenters. The van der Waals surface area contributed by atoms with Gasteiger partial charge in [-0.15, -0.1) is 0 Å². The molecular weight excluding hydrogens is 422 g/mol. The van der Waals surface area contributed by atoms with Crippen molar-refractivity contribution in [3.63, 3.8) is 0 Å². The van der Waals surface area contributed by atoms with Gasteiger partial charge < -0.3 is 5.32 Å². The van der Waals surface area contributed by atoms with E-state index in [0.717, 1.165) is 10.7 Å². The largest absolute Gasteiger partial charge is 0.476 e. The second-order valence-corrected chi connectivity index (χ2v) is 6.95. The van der Waals surface area contributed by atoms with Gasteiger partial charge in [0.05, 0.1) is 16.3 Å². The molecule has 1 N–H and O–H groups in total. The molecule has 1 aromatic carbocycles.